The standard InChI is InChI=1S/C17H25N3S/c1-2-7-20-16-4-3-14(12-18)10-15(16)19-17(20)11-13-5-8-21-9-6-13/h3-4,10,13H,2,5-9,11-12,18H2,1H3. The van der Waals surface area contributed by atoms with Crippen LogP contribution in [0.3, 0.4) is 0 Å². The molecule has 0 saturated carbocycles. The second kappa shape index (κ2) is 6.84. The minimum absolute atomic E-state index is 0.589. The van der Waals surface area contributed by atoms with Gasteiger partial charge >= 0.3 is 0 Å². The SMILES string of the molecule is CCCn1c(CC2CCSCC2)nc2cc(CN)ccc21. The fourth-order valence-electron chi connectivity index (χ4n) is 3.19. The van der Waals surface area contributed by atoms with Crippen molar-refractivity contribution in [3.63, 3.8) is 0 Å². The van der Waals surface area contributed by atoms with E-state index in [1.807, 2.05) is 0 Å². The van der Waals surface area contributed by atoms with Crippen molar-refractivity contribution in [3.05, 3.63) is 29.6 Å². The molecule has 0 atom stereocenters. The Kier molecular flexibility index (Phi) is 4.86. The van der Waals surface area contributed by atoms with Crippen LogP contribution in [-0.2, 0) is 19.5 Å². The molecule has 0 aliphatic carbocycles. The Morgan fingerprint density at radius 1 is 1.33 bits per heavy atom. The van der Waals surface area contributed by atoms with Gasteiger partial charge < -0.3 is 10.3 Å². The predicted octanol–water partition coefficient (Wildman–Crippen LogP) is 3.59. The van der Waals surface area contributed by atoms with Crippen LogP contribution in [0.1, 0.15) is 37.6 Å². The van der Waals surface area contributed by atoms with Gasteiger partial charge in [-0.15, -0.1) is 0 Å². The number of hydrogen-bond donors (Lipinski definition) is 1. The number of nitrogens with two attached hydrogens (primary N) is 1. The van der Waals surface area contributed by atoms with Gasteiger partial charge in [0.15, 0.2) is 0 Å². The molecule has 1 aliphatic heterocycles. The van der Waals surface area contributed by atoms with Crippen LogP contribution in [0.5, 0.6) is 0 Å². The number of rotatable bonds is 5. The lowest BCUT2D eigenvalue weighted by Crippen LogP contribution is -2.15. The number of aryl methyl sites for hydroxylation is 1. The molecule has 2 heterocycles. The molecule has 3 nitrogen and oxygen atoms in total. The lowest BCUT2D eigenvalue weighted by Gasteiger charge is -2.21. The molecule has 0 amide bonds. The highest BCUT2D eigenvalue weighted by molar-refractivity contribution is 7.99. The predicted molar refractivity (Wildman–Crippen MR) is 91.7 cm³/mol. The van der Waals surface area contributed by atoms with E-state index in [4.69, 9.17) is 10.7 Å². The molecular formula is C17H25N3S. The van der Waals surface area contributed by atoms with Gasteiger partial charge in [-0.05, 0) is 54.4 Å². The van der Waals surface area contributed by atoms with Crippen molar-refractivity contribution in [2.24, 2.45) is 11.7 Å². The van der Waals surface area contributed by atoms with E-state index in [1.165, 1.54) is 41.3 Å². The Morgan fingerprint density at radius 3 is 2.86 bits per heavy atom. The number of nitrogens with zero attached hydrogens (tertiary/aromatic N) is 2. The lowest BCUT2D eigenvalue weighted by molar-refractivity contribution is 0.464. The summed E-state index contributed by atoms with van der Waals surface area (Å²) in [6, 6.07) is 6.49. The van der Waals surface area contributed by atoms with E-state index in [-0.39, 0.29) is 0 Å². The van der Waals surface area contributed by atoms with E-state index < -0.39 is 0 Å². The Bertz CT molecular complexity index is 599. The molecule has 1 aliphatic rings. The molecule has 1 aromatic carbocycles. The van der Waals surface area contributed by atoms with E-state index in [2.05, 4.69) is 41.5 Å². The second-order valence-electron chi connectivity index (χ2n) is 5.97. The molecule has 3 rings (SSSR count). The van der Waals surface area contributed by atoms with Crippen molar-refractivity contribution in [1.29, 1.82) is 0 Å². The van der Waals surface area contributed by atoms with Crippen molar-refractivity contribution >= 4 is 22.8 Å². The van der Waals surface area contributed by atoms with E-state index >= 15 is 0 Å². The van der Waals surface area contributed by atoms with Crippen LogP contribution >= 0.6 is 11.8 Å². The Morgan fingerprint density at radius 2 is 2.14 bits per heavy atom. The number of thioether (sulfide) groups is 1. The van der Waals surface area contributed by atoms with Crippen LogP contribution in [-0.4, -0.2) is 21.1 Å². The normalized spacial score (nSPS) is 16.7. The summed E-state index contributed by atoms with van der Waals surface area (Å²) < 4.78 is 2.43. The molecule has 1 saturated heterocycles. The van der Waals surface area contributed by atoms with Gasteiger partial charge in [0.2, 0.25) is 0 Å². The number of benzene rings is 1. The lowest BCUT2D eigenvalue weighted by atomic mass is 9.98. The molecule has 21 heavy (non-hydrogen) atoms. The average Bonchev–Trinajstić information content (AvgIpc) is 2.85. The van der Waals surface area contributed by atoms with E-state index in [0.29, 0.717) is 6.54 Å². The Labute approximate surface area is 131 Å². The van der Waals surface area contributed by atoms with Crippen molar-refractivity contribution in [1.82, 2.24) is 9.55 Å². The number of hydrogen-bond acceptors (Lipinski definition) is 3. The van der Waals surface area contributed by atoms with Crippen molar-refractivity contribution < 1.29 is 0 Å². The minimum Gasteiger partial charge on any atom is -0.328 e. The van der Waals surface area contributed by atoms with E-state index in [1.54, 1.807) is 0 Å². The van der Waals surface area contributed by atoms with Crippen LogP contribution < -0.4 is 5.73 Å². The van der Waals surface area contributed by atoms with Gasteiger partial charge in [-0.2, -0.15) is 11.8 Å². The molecular weight excluding hydrogens is 278 g/mol. The smallest absolute Gasteiger partial charge is 0.110 e. The summed E-state index contributed by atoms with van der Waals surface area (Å²) in [6.07, 6.45) is 4.97. The van der Waals surface area contributed by atoms with Gasteiger partial charge in [-0.1, -0.05) is 13.0 Å². The molecule has 2 aromatic rings. The summed E-state index contributed by atoms with van der Waals surface area (Å²) in [6.45, 7) is 3.89. The highest BCUT2D eigenvalue weighted by Gasteiger charge is 2.18. The third kappa shape index (κ3) is 3.27. The first-order valence-corrected chi connectivity index (χ1v) is 9.23. The number of fused-ring (bicyclic) bond motifs is 1. The maximum absolute atomic E-state index is 5.76. The third-order valence-corrected chi connectivity index (χ3v) is 5.44. The molecule has 1 aromatic heterocycles. The molecule has 0 bridgehead atoms. The minimum atomic E-state index is 0.589. The number of imidazole rings is 1. The monoisotopic (exact) mass is 303 g/mol. The van der Waals surface area contributed by atoms with Crippen LogP contribution in [0, 0.1) is 5.92 Å². The van der Waals surface area contributed by atoms with Gasteiger partial charge in [0.25, 0.3) is 0 Å². The number of aromatic nitrogens is 2. The first-order valence-electron chi connectivity index (χ1n) is 8.07. The fraction of sp³-hybridized carbons (Fsp3) is 0.588. The largest absolute Gasteiger partial charge is 0.328 e. The maximum Gasteiger partial charge on any atom is 0.110 e. The summed E-state index contributed by atoms with van der Waals surface area (Å²) in [4.78, 5) is 4.93. The zero-order valence-corrected chi connectivity index (χ0v) is 13.7. The Hall–Kier alpha value is -1.00. The summed E-state index contributed by atoms with van der Waals surface area (Å²) >= 11 is 2.09. The second-order valence-corrected chi connectivity index (χ2v) is 7.19. The topological polar surface area (TPSA) is 43.8 Å². The molecule has 1 fully saturated rings. The van der Waals surface area contributed by atoms with Crippen LogP contribution in [0.4, 0.5) is 0 Å². The van der Waals surface area contributed by atoms with Gasteiger partial charge in [0.1, 0.15) is 5.82 Å². The molecule has 4 heteroatoms. The molecule has 0 unspecified atom stereocenters. The summed E-state index contributed by atoms with van der Waals surface area (Å²) in [7, 11) is 0. The molecule has 2 N–H and O–H groups in total. The van der Waals surface area contributed by atoms with Gasteiger partial charge in [0, 0.05) is 19.5 Å². The van der Waals surface area contributed by atoms with Crippen LogP contribution in [0.15, 0.2) is 18.2 Å². The van der Waals surface area contributed by atoms with Crippen molar-refractivity contribution in [2.75, 3.05) is 11.5 Å². The molecule has 0 radical (unpaired) electrons. The average molecular weight is 303 g/mol. The van der Waals surface area contributed by atoms with Crippen LogP contribution in [0.25, 0.3) is 11.0 Å². The quantitative estimate of drug-likeness (QED) is 0.918. The zero-order chi connectivity index (χ0) is 14.7. The van der Waals surface area contributed by atoms with E-state index in [9.17, 15) is 0 Å². The van der Waals surface area contributed by atoms with Gasteiger partial charge in [0.05, 0.1) is 11.0 Å². The van der Waals surface area contributed by atoms with Crippen molar-refractivity contribution in [3.8, 4) is 0 Å². The van der Waals surface area contributed by atoms with E-state index in [0.717, 1.165) is 30.8 Å². The Balaban J connectivity index is 1.93. The highest BCUT2D eigenvalue weighted by Crippen LogP contribution is 2.27. The highest BCUT2D eigenvalue weighted by atomic mass is 32.2. The zero-order valence-electron chi connectivity index (χ0n) is 12.8. The van der Waals surface area contributed by atoms with Crippen LogP contribution in [0.2, 0.25) is 0 Å². The van der Waals surface area contributed by atoms with Gasteiger partial charge in [-0.3, -0.25) is 0 Å². The van der Waals surface area contributed by atoms with Crippen molar-refractivity contribution in [2.45, 2.75) is 45.7 Å². The third-order valence-electron chi connectivity index (χ3n) is 4.39. The first-order chi connectivity index (χ1) is 10.3. The first kappa shape index (κ1) is 14.9. The molecule has 0 spiro atoms. The summed E-state index contributed by atoms with van der Waals surface area (Å²) in [5.41, 5.74) is 9.32. The fourth-order valence-corrected chi connectivity index (χ4v) is 4.39. The summed E-state index contributed by atoms with van der Waals surface area (Å²) in [5, 5.41) is 0. The summed E-state index contributed by atoms with van der Waals surface area (Å²) in [5.74, 6) is 4.72. The van der Waals surface area contributed by atoms with Gasteiger partial charge in [-0.25, -0.2) is 4.98 Å². The molecule has 114 valence electrons. The maximum atomic E-state index is 5.76.